The number of esters is 1. The number of carbonyl (C=O) groups is 1. The van der Waals surface area contributed by atoms with Crippen LogP contribution in [0, 0.1) is 11.2 Å². The maximum absolute atomic E-state index is 13.0. The zero-order valence-corrected chi connectivity index (χ0v) is 11.6. The summed E-state index contributed by atoms with van der Waals surface area (Å²) >= 11 is 3.10. The standard InChI is InChI=1S/C12H15BrFNO2/c1-12(2,11(16)17-3)7-15-8-4-5-10(14)9(13)6-8/h4-6,15H,7H2,1-3H3. The van der Waals surface area contributed by atoms with Crippen LogP contribution in [-0.4, -0.2) is 19.6 Å². The highest BCUT2D eigenvalue weighted by Crippen LogP contribution is 2.22. The minimum absolute atomic E-state index is 0.286. The van der Waals surface area contributed by atoms with Crippen molar-refractivity contribution in [3.05, 3.63) is 28.5 Å². The Morgan fingerprint density at radius 3 is 2.71 bits per heavy atom. The van der Waals surface area contributed by atoms with Crippen molar-refractivity contribution < 1.29 is 13.9 Å². The first-order valence-electron chi connectivity index (χ1n) is 5.14. The fraction of sp³-hybridized carbons (Fsp3) is 0.417. The van der Waals surface area contributed by atoms with Crippen LogP contribution in [0.4, 0.5) is 10.1 Å². The van der Waals surface area contributed by atoms with Gasteiger partial charge in [-0.2, -0.15) is 0 Å². The zero-order chi connectivity index (χ0) is 13.1. The third kappa shape index (κ3) is 3.70. The Kier molecular flexibility index (Phi) is 4.51. The van der Waals surface area contributed by atoms with Gasteiger partial charge in [0.05, 0.1) is 17.0 Å². The number of benzene rings is 1. The van der Waals surface area contributed by atoms with Crippen LogP contribution in [0.15, 0.2) is 22.7 Å². The monoisotopic (exact) mass is 303 g/mol. The second-order valence-corrected chi connectivity index (χ2v) is 5.21. The van der Waals surface area contributed by atoms with E-state index in [0.717, 1.165) is 5.69 Å². The van der Waals surface area contributed by atoms with Crippen LogP contribution in [0.3, 0.4) is 0 Å². The molecule has 0 aliphatic rings. The van der Waals surface area contributed by atoms with Gasteiger partial charge < -0.3 is 10.1 Å². The molecule has 1 rings (SSSR count). The van der Waals surface area contributed by atoms with Gasteiger partial charge in [0.1, 0.15) is 5.82 Å². The Morgan fingerprint density at radius 1 is 1.53 bits per heavy atom. The summed E-state index contributed by atoms with van der Waals surface area (Å²) in [6, 6.07) is 4.60. The molecule has 0 atom stereocenters. The molecule has 0 aliphatic carbocycles. The third-order valence-electron chi connectivity index (χ3n) is 2.39. The summed E-state index contributed by atoms with van der Waals surface area (Å²) in [7, 11) is 1.36. The number of carbonyl (C=O) groups excluding carboxylic acids is 1. The summed E-state index contributed by atoms with van der Waals surface area (Å²) in [6.45, 7) is 3.98. The van der Waals surface area contributed by atoms with E-state index in [-0.39, 0.29) is 11.8 Å². The Labute approximate surface area is 108 Å². The number of ether oxygens (including phenoxy) is 1. The third-order valence-corrected chi connectivity index (χ3v) is 3.00. The average Bonchev–Trinajstić information content (AvgIpc) is 2.29. The lowest BCUT2D eigenvalue weighted by molar-refractivity contribution is -0.149. The molecule has 0 unspecified atom stereocenters. The van der Waals surface area contributed by atoms with E-state index in [9.17, 15) is 9.18 Å². The highest BCUT2D eigenvalue weighted by Gasteiger charge is 2.28. The average molecular weight is 304 g/mol. The molecule has 94 valence electrons. The quantitative estimate of drug-likeness (QED) is 0.868. The molecular weight excluding hydrogens is 289 g/mol. The van der Waals surface area contributed by atoms with Crippen LogP contribution >= 0.6 is 15.9 Å². The second-order valence-electron chi connectivity index (χ2n) is 4.36. The number of nitrogens with one attached hydrogen (secondary N) is 1. The van der Waals surface area contributed by atoms with Crippen LogP contribution in [-0.2, 0) is 9.53 Å². The Bertz CT molecular complexity index is 421. The van der Waals surface area contributed by atoms with Gasteiger partial charge in [-0.1, -0.05) is 0 Å². The number of hydrogen-bond donors (Lipinski definition) is 1. The summed E-state index contributed by atoms with van der Waals surface area (Å²) in [5.74, 6) is -0.603. The lowest BCUT2D eigenvalue weighted by Crippen LogP contribution is -2.33. The normalized spacial score (nSPS) is 11.1. The largest absolute Gasteiger partial charge is 0.469 e. The molecule has 0 bridgehead atoms. The summed E-state index contributed by atoms with van der Waals surface area (Å²) in [6.07, 6.45) is 0. The van der Waals surface area contributed by atoms with Gasteiger partial charge in [0.2, 0.25) is 0 Å². The van der Waals surface area contributed by atoms with Gasteiger partial charge in [-0.3, -0.25) is 4.79 Å². The number of rotatable bonds is 4. The van der Waals surface area contributed by atoms with Crippen LogP contribution in [0.25, 0.3) is 0 Å². The minimum atomic E-state index is -0.629. The van der Waals surface area contributed by atoms with Gasteiger partial charge in [0.25, 0.3) is 0 Å². The van der Waals surface area contributed by atoms with Crippen molar-refractivity contribution in [3.8, 4) is 0 Å². The van der Waals surface area contributed by atoms with Crippen molar-refractivity contribution in [2.45, 2.75) is 13.8 Å². The van der Waals surface area contributed by atoms with Gasteiger partial charge in [-0.25, -0.2) is 4.39 Å². The fourth-order valence-electron chi connectivity index (χ4n) is 1.28. The van der Waals surface area contributed by atoms with E-state index < -0.39 is 5.41 Å². The van der Waals surface area contributed by atoms with Crippen molar-refractivity contribution in [3.63, 3.8) is 0 Å². The SMILES string of the molecule is COC(=O)C(C)(C)CNc1ccc(F)c(Br)c1. The Morgan fingerprint density at radius 2 is 2.18 bits per heavy atom. The van der Waals surface area contributed by atoms with E-state index in [2.05, 4.69) is 21.2 Å². The summed E-state index contributed by atoms with van der Waals surface area (Å²) in [5.41, 5.74) is 0.116. The molecule has 1 aromatic rings. The highest BCUT2D eigenvalue weighted by atomic mass is 79.9. The van der Waals surface area contributed by atoms with Gasteiger partial charge in [-0.15, -0.1) is 0 Å². The molecule has 0 aromatic heterocycles. The first-order valence-corrected chi connectivity index (χ1v) is 5.93. The molecule has 0 saturated heterocycles. The molecule has 0 saturated carbocycles. The smallest absolute Gasteiger partial charge is 0.313 e. The first-order chi connectivity index (χ1) is 7.86. The molecule has 0 amide bonds. The summed E-state index contributed by atoms with van der Waals surface area (Å²) in [5, 5.41) is 3.07. The second kappa shape index (κ2) is 5.49. The maximum Gasteiger partial charge on any atom is 0.313 e. The van der Waals surface area contributed by atoms with Crippen LogP contribution in [0.2, 0.25) is 0 Å². The van der Waals surface area contributed by atoms with Crippen molar-refractivity contribution in [2.24, 2.45) is 5.41 Å². The number of anilines is 1. The predicted molar refractivity (Wildman–Crippen MR) is 68.4 cm³/mol. The molecule has 0 heterocycles. The van der Waals surface area contributed by atoms with E-state index in [1.807, 2.05) is 0 Å². The summed E-state index contributed by atoms with van der Waals surface area (Å²) < 4.78 is 18.1. The summed E-state index contributed by atoms with van der Waals surface area (Å²) in [4.78, 5) is 11.4. The highest BCUT2D eigenvalue weighted by molar-refractivity contribution is 9.10. The topological polar surface area (TPSA) is 38.3 Å². The number of hydrogen-bond acceptors (Lipinski definition) is 3. The van der Waals surface area contributed by atoms with Crippen LogP contribution in [0.1, 0.15) is 13.8 Å². The van der Waals surface area contributed by atoms with Crippen molar-refractivity contribution >= 4 is 27.6 Å². The Balaban J connectivity index is 2.67. The molecule has 17 heavy (non-hydrogen) atoms. The Hall–Kier alpha value is -1.10. The van der Waals surface area contributed by atoms with Crippen molar-refractivity contribution in [1.29, 1.82) is 0 Å². The van der Waals surface area contributed by atoms with E-state index >= 15 is 0 Å². The van der Waals surface area contributed by atoms with Crippen molar-refractivity contribution in [1.82, 2.24) is 0 Å². The molecule has 1 aromatic carbocycles. The van der Waals surface area contributed by atoms with Gasteiger partial charge in [-0.05, 0) is 48.0 Å². The maximum atomic E-state index is 13.0. The zero-order valence-electron chi connectivity index (χ0n) is 10.0. The van der Waals surface area contributed by atoms with Crippen molar-refractivity contribution in [2.75, 3.05) is 19.0 Å². The molecular formula is C12H15BrFNO2. The molecule has 0 fully saturated rings. The number of halogens is 2. The van der Waals surface area contributed by atoms with E-state index in [1.54, 1.807) is 26.0 Å². The predicted octanol–water partition coefficient (Wildman–Crippen LogP) is 3.20. The molecule has 5 heteroatoms. The van der Waals surface area contributed by atoms with Crippen LogP contribution in [0.5, 0.6) is 0 Å². The molecule has 1 N–H and O–H groups in total. The van der Waals surface area contributed by atoms with Gasteiger partial charge in [0.15, 0.2) is 0 Å². The minimum Gasteiger partial charge on any atom is -0.469 e. The van der Waals surface area contributed by atoms with E-state index in [0.29, 0.717) is 11.0 Å². The molecule has 0 radical (unpaired) electrons. The molecule has 0 spiro atoms. The molecule has 3 nitrogen and oxygen atoms in total. The van der Waals surface area contributed by atoms with E-state index in [4.69, 9.17) is 4.74 Å². The lowest BCUT2D eigenvalue weighted by atomic mass is 9.93. The van der Waals surface area contributed by atoms with Gasteiger partial charge >= 0.3 is 5.97 Å². The van der Waals surface area contributed by atoms with Crippen LogP contribution < -0.4 is 5.32 Å². The van der Waals surface area contributed by atoms with E-state index in [1.165, 1.54) is 13.2 Å². The fourth-order valence-corrected chi connectivity index (χ4v) is 1.66. The molecule has 0 aliphatic heterocycles. The first kappa shape index (κ1) is 14.0. The number of methoxy groups -OCH3 is 1. The van der Waals surface area contributed by atoms with Gasteiger partial charge in [0, 0.05) is 12.2 Å². The lowest BCUT2D eigenvalue weighted by Gasteiger charge is -2.22.